The highest BCUT2D eigenvalue weighted by Gasteiger charge is 2.34. The summed E-state index contributed by atoms with van der Waals surface area (Å²) in [5, 5.41) is 3.41. The van der Waals surface area contributed by atoms with Crippen LogP contribution in [-0.2, 0) is 0 Å². The molecule has 0 heterocycles. The van der Waals surface area contributed by atoms with Gasteiger partial charge in [0.05, 0.1) is 0 Å². The first-order valence-corrected chi connectivity index (χ1v) is 12.2. The van der Waals surface area contributed by atoms with E-state index in [-0.39, 0.29) is 11.4 Å². The van der Waals surface area contributed by atoms with Gasteiger partial charge in [0.15, 0.2) is 0 Å². The molecule has 0 bridgehead atoms. The average molecular weight is 398 g/mol. The third-order valence-electron chi connectivity index (χ3n) is 6.45. The fourth-order valence-corrected chi connectivity index (χ4v) is 4.73. The van der Waals surface area contributed by atoms with Crippen LogP contribution in [0.2, 0.25) is 0 Å². The van der Waals surface area contributed by atoms with Gasteiger partial charge in [-0.1, -0.05) is 108 Å². The molecule has 162 valence electrons. The van der Waals surface area contributed by atoms with Gasteiger partial charge in [-0.3, -0.25) is 4.79 Å². The third kappa shape index (κ3) is 9.19. The quantitative estimate of drug-likeness (QED) is 0.250. The second kappa shape index (κ2) is 13.6. The fourth-order valence-electron chi connectivity index (χ4n) is 4.73. The van der Waals surface area contributed by atoms with Crippen molar-refractivity contribution in [1.29, 1.82) is 0 Å². The van der Waals surface area contributed by atoms with Crippen molar-refractivity contribution < 1.29 is 4.79 Å². The van der Waals surface area contributed by atoms with Gasteiger partial charge >= 0.3 is 0 Å². The molecule has 1 fully saturated rings. The number of amides is 1. The van der Waals surface area contributed by atoms with E-state index in [9.17, 15) is 4.79 Å². The summed E-state index contributed by atoms with van der Waals surface area (Å²) in [7, 11) is 0. The lowest BCUT2D eigenvalue weighted by atomic mass is 9.76. The molecule has 0 saturated heterocycles. The van der Waals surface area contributed by atoms with Crippen LogP contribution in [0.25, 0.3) is 0 Å². The average Bonchev–Trinajstić information content (AvgIpc) is 2.73. The van der Waals surface area contributed by atoms with Gasteiger partial charge in [0.2, 0.25) is 0 Å². The van der Waals surface area contributed by atoms with E-state index in [1.807, 2.05) is 30.3 Å². The summed E-state index contributed by atoms with van der Waals surface area (Å²) >= 11 is 0. The smallest absolute Gasteiger partial charge is 0.251 e. The van der Waals surface area contributed by atoms with Gasteiger partial charge in [-0.05, 0) is 44.2 Å². The molecule has 1 amide bonds. The summed E-state index contributed by atoms with van der Waals surface area (Å²) in [4.78, 5) is 12.8. The normalized spacial score (nSPS) is 15.8. The summed E-state index contributed by atoms with van der Waals surface area (Å²) in [5.41, 5.74) is 2.01. The van der Waals surface area contributed by atoms with Crippen LogP contribution in [0.15, 0.2) is 42.5 Å². The molecule has 0 atom stereocenters. The highest BCUT2D eigenvalue weighted by molar-refractivity contribution is 5.94. The molecule has 29 heavy (non-hydrogen) atoms. The van der Waals surface area contributed by atoms with Crippen LogP contribution >= 0.6 is 0 Å². The molecular formula is C27H43NO. The Hall–Kier alpha value is -1.57. The Kier molecular flexibility index (Phi) is 11.1. The molecule has 0 aromatic heterocycles. The van der Waals surface area contributed by atoms with E-state index < -0.39 is 0 Å². The maximum Gasteiger partial charge on any atom is 0.251 e. The lowest BCUT2D eigenvalue weighted by Gasteiger charge is -2.39. The number of carbonyl (C=O) groups is 1. The zero-order valence-electron chi connectivity index (χ0n) is 18.8. The second-order valence-electron chi connectivity index (χ2n) is 9.17. The summed E-state index contributed by atoms with van der Waals surface area (Å²) in [6.45, 7) is 6.67. The van der Waals surface area contributed by atoms with E-state index in [4.69, 9.17) is 0 Å². The highest BCUT2D eigenvalue weighted by atomic mass is 16.1. The molecule has 1 aromatic carbocycles. The third-order valence-corrected chi connectivity index (χ3v) is 6.45. The minimum Gasteiger partial charge on any atom is -0.346 e. The Labute approximate surface area is 179 Å². The standard InChI is InChI=1S/C27H43NO/c1-3-4-5-6-7-8-9-10-13-18-24(2)23-27(21-16-12-17-22-27)28-26(29)25-19-14-11-15-20-25/h11,14-15,19-20H,2-10,12-13,16-18,21-23H2,1H3,(H,28,29). The summed E-state index contributed by atoms with van der Waals surface area (Å²) < 4.78 is 0. The molecule has 1 saturated carbocycles. The van der Waals surface area contributed by atoms with Crippen molar-refractivity contribution in [1.82, 2.24) is 5.32 Å². The molecule has 1 aliphatic carbocycles. The molecule has 0 unspecified atom stereocenters. The van der Waals surface area contributed by atoms with Crippen molar-refractivity contribution in [3.63, 3.8) is 0 Å². The first-order chi connectivity index (χ1) is 14.2. The number of benzene rings is 1. The lowest BCUT2D eigenvalue weighted by molar-refractivity contribution is 0.0867. The van der Waals surface area contributed by atoms with E-state index in [1.54, 1.807) is 0 Å². The van der Waals surface area contributed by atoms with Gasteiger partial charge in [-0.15, -0.1) is 0 Å². The number of nitrogens with one attached hydrogen (secondary N) is 1. The molecule has 2 rings (SSSR count). The summed E-state index contributed by atoms with van der Waals surface area (Å²) in [6, 6.07) is 9.64. The van der Waals surface area contributed by atoms with Crippen molar-refractivity contribution >= 4 is 5.91 Å². The van der Waals surface area contributed by atoms with Gasteiger partial charge in [-0.25, -0.2) is 0 Å². The van der Waals surface area contributed by atoms with E-state index in [2.05, 4.69) is 18.8 Å². The molecule has 2 nitrogen and oxygen atoms in total. The van der Waals surface area contributed by atoms with Crippen LogP contribution in [0, 0.1) is 0 Å². The first kappa shape index (κ1) is 23.7. The number of hydrogen-bond donors (Lipinski definition) is 1. The van der Waals surface area contributed by atoms with Gasteiger partial charge < -0.3 is 5.32 Å². The maximum atomic E-state index is 12.8. The minimum atomic E-state index is -0.0818. The monoisotopic (exact) mass is 397 g/mol. The predicted octanol–water partition coefficient (Wildman–Crippen LogP) is 7.99. The van der Waals surface area contributed by atoms with Gasteiger partial charge in [-0.2, -0.15) is 0 Å². The first-order valence-electron chi connectivity index (χ1n) is 12.2. The van der Waals surface area contributed by atoms with Crippen LogP contribution in [0.5, 0.6) is 0 Å². The minimum absolute atomic E-state index is 0.0726. The number of unbranched alkanes of at least 4 members (excludes halogenated alkanes) is 8. The zero-order chi connectivity index (χ0) is 20.8. The highest BCUT2D eigenvalue weighted by Crippen LogP contribution is 2.34. The Morgan fingerprint density at radius 1 is 0.897 bits per heavy atom. The van der Waals surface area contributed by atoms with Crippen LogP contribution in [0.4, 0.5) is 0 Å². The van der Waals surface area contributed by atoms with Crippen LogP contribution < -0.4 is 5.32 Å². The molecule has 1 aliphatic rings. The molecule has 0 aliphatic heterocycles. The molecule has 2 heteroatoms. The van der Waals surface area contributed by atoms with E-state index in [0.29, 0.717) is 0 Å². The predicted molar refractivity (Wildman–Crippen MR) is 125 cm³/mol. The SMILES string of the molecule is C=C(CCCCCCCCCCC)CC1(NC(=O)c2ccccc2)CCCCC1. The number of rotatable bonds is 14. The van der Waals surface area contributed by atoms with Gasteiger partial charge in [0.1, 0.15) is 0 Å². The van der Waals surface area contributed by atoms with Crippen LogP contribution in [0.1, 0.15) is 120 Å². The summed E-state index contributed by atoms with van der Waals surface area (Å²) in [5.74, 6) is 0.0726. The molecule has 0 radical (unpaired) electrons. The molecule has 1 aromatic rings. The Bertz CT molecular complexity index is 586. The van der Waals surface area contributed by atoms with Crippen molar-refractivity contribution in [2.75, 3.05) is 0 Å². The lowest BCUT2D eigenvalue weighted by Crippen LogP contribution is -2.50. The largest absolute Gasteiger partial charge is 0.346 e. The van der Waals surface area contributed by atoms with E-state index in [1.165, 1.54) is 82.6 Å². The van der Waals surface area contributed by atoms with E-state index >= 15 is 0 Å². The molecule has 0 spiro atoms. The topological polar surface area (TPSA) is 29.1 Å². The number of carbonyl (C=O) groups excluding carboxylic acids is 1. The maximum absolute atomic E-state index is 12.8. The van der Waals surface area contributed by atoms with Crippen molar-refractivity contribution in [2.45, 2.75) is 115 Å². The Morgan fingerprint density at radius 2 is 1.48 bits per heavy atom. The Morgan fingerprint density at radius 3 is 2.10 bits per heavy atom. The second-order valence-corrected chi connectivity index (χ2v) is 9.17. The van der Waals surface area contributed by atoms with E-state index in [0.717, 1.165) is 31.2 Å². The summed E-state index contributed by atoms with van der Waals surface area (Å²) in [6.07, 6.45) is 20.2. The van der Waals surface area contributed by atoms with Crippen molar-refractivity contribution in [3.05, 3.63) is 48.0 Å². The molecular weight excluding hydrogens is 354 g/mol. The van der Waals surface area contributed by atoms with Crippen LogP contribution in [0.3, 0.4) is 0 Å². The van der Waals surface area contributed by atoms with Crippen molar-refractivity contribution in [2.24, 2.45) is 0 Å². The van der Waals surface area contributed by atoms with Gasteiger partial charge in [0, 0.05) is 11.1 Å². The van der Waals surface area contributed by atoms with Crippen molar-refractivity contribution in [3.8, 4) is 0 Å². The van der Waals surface area contributed by atoms with Crippen LogP contribution in [-0.4, -0.2) is 11.4 Å². The molecule has 1 N–H and O–H groups in total. The zero-order valence-corrected chi connectivity index (χ0v) is 18.8. The van der Waals surface area contributed by atoms with Gasteiger partial charge in [0.25, 0.3) is 5.91 Å². The fraction of sp³-hybridized carbons (Fsp3) is 0.667. The Balaban J connectivity index is 1.72. The number of hydrogen-bond acceptors (Lipinski definition) is 1.